The SMILES string of the molecule is CCS(=O)(=O)N1CCC[C@H](C(=O)Nc2ccccc2C(=O)OC)C1. The lowest BCUT2D eigenvalue weighted by molar-refractivity contribution is -0.120. The van der Waals surface area contributed by atoms with Crippen LogP contribution in [0.25, 0.3) is 0 Å². The molecular formula is C16H22N2O5S. The van der Waals surface area contributed by atoms with E-state index in [1.54, 1.807) is 31.2 Å². The minimum atomic E-state index is -3.31. The summed E-state index contributed by atoms with van der Waals surface area (Å²) in [5.41, 5.74) is 0.631. The average molecular weight is 354 g/mol. The Morgan fingerprint density at radius 1 is 1.33 bits per heavy atom. The lowest BCUT2D eigenvalue weighted by atomic mass is 9.98. The summed E-state index contributed by atoms with van der Waals surface area (Å²) in [5.74, 6) is -1.25. The van der Waals surface area contributed by atoms with Crippen LogP contribution in [0.4, 0.5) is 5.69 Å². The first-order valence-corrected chi connectivity index (χ1v) is 9.46. The lowest BCUT2D eigenvalue weighted by Gasteiger charge is -2.31. The number of amides is 1. The number of piperidine rings is 1. The van der Waals surface area contributed by atoms with Crippen LogP contribution in [0.2, 0.25) is 0 Å². The number of methoxy groups -OCH3 is 1. The molecule has 1 aromatic rings. The van der Waals surface area contributed by atoms with Crippen molar-refractivity contribution in [1.29, 1.82) is 0 Å². The van der Waals surface area contributed by atoms with Crippen molar-refractivity contribution in [2.45, 2.75) is 19.8 Å². The van der Waals surface area contributed by atoms with Crippen molar-refractivity contribution < 1.29 is 22.7 Å². The van der Waals surface area contributed by atoms with Crippen LogP contribution in [0.3, 0.4) is 0 Å². The van der Waals surface area contributed by atoms with E-state index in [0.717, 1.165) is 0 Å². The zero-order chi connectivity index (χ0) is 17.7. The van der Waals surface area contributed by atoms with Crippen LogP contribution in [0.15, 0.2) is 24.3 Å². The Hall–Kier alpha value is -1.93. The summed E-state index contributed by atoms with van der Waals surface area (Å²) in [4.78, 5) is 24.3. The van der Waals surface area contributed by atoms with Crippen LogP contribution in [0, 0.1) is 5.92 Å². The third kappa shape index (κ3) is 4.12. The van der Waals surface area contributed by atoms with Crippen molar-refractivity contribution >= 4 is 27.6 Å². The van der Waals surface area contributed by atoms with Gasteiger partial charge in [-0.15, -0.1) is 0 Å². The number of para-hydroxylation sites is 1. The van der Waals surface area contributed by atoms with E-state index in [1.165, 1.54) is 11.4 Å². The predicted molar refractivity (Wildman–Crippen MR) is 90.2 cm³/mol. The van der Waals surface area contributed by atoms with Gasteiger partial charge in [-0.2, -0.15) is 0 Å². The zero-order valence-corrected chi connectivity index (χ0v) is 14.6. The molecule has 1 atom stereocenters. The van der Waals surface area contributed by atoms with Crippen molar-refractivity contribution in [2.75, 3.05) is 31.3 Å². The number of carbonyl (C=O) groups is 2. The number of esters is 1. The van der Waals surface area contributed by atoms with Gasteiger partial charge in [-0.1, -0.05) is 12.1 Å². The highest BCUT2D eigenvalue weighted by Gasteiger charge is 2.31. The predicted octanol–water partition coefficient (Wildman–Crippen LogP) is 1.47. The first-order chi connectivity index (χ1) is 11.4. The lowest BCUT2D eigenvalue weighted by Crippen LogP contribution is -2.44. The zero-order valence-electron chi connectivity index (χ0n) is 13.8. The van der Waals surface area contributed by atoms with Gasteiger partial charge in [-0.05, 0) is 31.9 Å². The number of anilines is 1. The first-order valence-electron chi connectivity index (χ1n) is 7.85. The summed E-state index contributed by atoms with van der Waals surface area (Å²) < 4.78 is 30.1. The van der Waals surface area contributed by atoms with Gasteiger partial charge in [0.25, 0.3) is 0 Å². The molecule has 7 nitrogen and oxygen atoms in total. The Morgan fingerprint density at radius 2 is 2.04 bits per heavy atom. The molecule has 0 unspecified atom stereocenters. The second-order valence-electron chi connectivity index (χ2n) is 5.62. The van der Waals surface area contributed by atoms with E-state index in [1.807, 2.05) is 0 Å². The molecule has 132 valence electrons. The first kappa shape index (κ1) is 18.4. The molecule has 0 aliphatic carbocycles. The number of hydrogen-bond donors (Lipinski definition) is 1. The monoisotopic (exact) mass is 354 g/mol. The van der Waals surface area contributed by atoms with E-state index in [-0.39, 0.29) is 23.8 Å². The molecule has 24 heavy (non-hydrogen) atoms. The highest BCUT2D eigenvalue weighted by atomic mass is 32.2. The Labute approximate surface area is 142 Å². The second-order valence-corrected chi connectivity index (χ2v) is 7.88. The number of hydrogen-bond acceptors (Lipinski definition) is 5. The Morgan fingerprint density at radius 3 is 2.71 bits per heavy atom. The van der Waals surface area contributed by atoms with Crippen LogP contribution >= 0.6 is 0 Å². The van der Waals surface area contributed by atoms with Gasteiger partial charge in [-0.25, -0.2) is 17.5 Å². The number of ether oxygens (including phenoxy) is 1. The smallest absolute Gasteiger partial charge is 0.339 e. The molecule has 8 heteroatoms. The van der Waals surface area contributed by atoms with E-state index >= 15 is 0 Å². The van der Waals surface area contributed by atoms with Gasteiger partial charge < -0.3 is 10.1 Å². The fourth-order valence-corrected chi connectivity index (χ4v) is 3.89. The summed E-state index contributed by atoms with van der Waals surface area (Å²) in [6, 6.07) is 6.57. The normalized spacial score (nSPS) is 18.8. The van der Waals surface area contributed by atoms with E-state index in [2.05, 4.69) is 5.32 Å². The summed E-state index contributed by atoms with van der Waals surface area (Å²) in [7, 11) is -2.03. The minimum Gasteiger partial charge on any atom is -0.465 e. The van der Waals surface area contributed by atoms with E-state index in [0.29, 0.717) is 25.1 Å². The van der Waals surface area contributed by atoms with Crippen LogP contribution < -0.4 is 5.32 Å². The van der Waals surface area contributed by atoms with E-state index in [9.17, 15) is 18.0 Å². The molecule has 0 spiro atoms. The van der Waals surface area contributed by atoms with Gasteiger partial charge in [-0.3, -0.25) is 4.79 Å². The van der Waals surface area contributed by atoms with Crippen molar-refractivity contribution in [3.63, 3.8) is 0 Å². The van der Waals surface area contributed by atoms with E-state index in [4.69, 9.17) is 4.74 Å². The third-order valence-corrected chi connectivity index (χ3v) is 5.95. The molecule has 1 aliphatic heterocycles. The molecule has 1 aromatic carbocycles. The highest BCUT2D eigenvalue weighted by Crippen LogP contribution is 2.23. The maximum absolute atomic E-state index is 12.5. The second kappa shape index (κ2) is 7.76. The fourth-order valence-electron chi connectivity index (χ4n) is 2.71. The molecule has 0 saturated carbocycles. The molecular weight excluding hydrogens is 332 g/mol. The molecule has 1 heterocycles. The van der Waals surface area contributed by atoms with Crippen LogP contribution in [0.5, 0.6) is 0 Å². The molecule has 1 N–H and O–H groups in total. The highest BCUT2D eigenvalue weighted by molar-refractivity contribution is 7.89. The molecule has 2 rings (SSSR count). The maximum Gasteiger partial charge on any atom is 0.339 e. The molecule has 1 aliphatic rings. The molecule has 1 saturated heterocycles. The Bertz CT molecular complexity index is 717. The largest absolute Gasteiger partial charge is 0.465 e. The van der Waals surface area contributed by atoms with Gasteiger partial charge in [0.2, 0.25) is 15.9 Å². The third-order valence-electron chi connectivity index (χ3n) is 4.10. The summed E-state index contributed by atoms with van der Waals surface area (Å²) >= 11 is 0. The van der Waals surface area contributed by atoms with E-state index < -0.39 is 21.9 Å². The number of carbonyl (C=O) groups excluding carboxylic acids is 2. The number of nitrogens with one attached hydrogen (secondary N) is 1. The molecule has 0 aromatic heterocycles. The van der Waals surface area contributed by atoms with Gasteiger partial charge in [0.15, 0.2) is 0 Å². The number of rotatable bonds is 5. The van der Waals surface area contributed by atoms with Gasteiger partial charge >= 0.3 is 5.97 Å². The van der Waals surface area contributed by atoms with Crippen LogP contribution in [-0.2, 0) is 19.6 Å². The van der Waals surface area contributed by atoms with Crippen LogP contribution in [-0.4, -0.2) is 50.6 Å². The van der Waals surface area contributed by atoms with Crippen molar-refractivity contribution in [3.05, 3.63) is 29.8 Å². The van der Waals surface area contributed by atoms with Gasteiger partial charge in [0, 0.05) is 13.1 Å². The number of nitrogens with zero attached hydrogens (tertiary/aromatic N) is 1. The van der Waals surface area contributed by atoms with Gasteiger partial charge in [0.1, 0.15) is 0 Å². The summed E-state index contributed by atoms with van der Waals surface area (Å²) in [5, 5.41) is 2.72. The van der Waals surface area contributed by atoms with Gasteiger partial charge in [0.05, 0.1) is 30.0 Å². The standard InChI is InChI=1S/C16H22N2O5S/c1-3-24(21,22)18-10-6-7-12(11-18)15(19)17-14-9-5-4-8-13(14)16(20)23-2/h4-5,8-9,12H,3,6-7,10-11H2,1-2H3,(H,17,19)/t12-/m0/s1. The fraction of sp³-hybridized carbons (Fsp3) is 0.500. The Kier molecular flexibility index (Phi) is 5.95. The minimum absolute atomic E-state index is 0.0204. The maximum atomic E-state index is 12.5. The molecule has 0 bridgehead atoms. The molecule has 0 radical (unpaired) electrons. The topological polar surface area (TPSA) is 92.8 Å². The van der Waals surface area contributed by atoms with Crippen LogP contribution in [0.1, 0.15) is 30.1 Å². The van der Waals surface area contributed by atoms with Crippen molar-refractivity contribution in [2.24, 2.45) is 5.92 Å². The molecule has 1 amide bonds. The summed E-state index contributed by atoms with van der Waals surface area (Å²) in [6.45, 7) is 2.20. The van der Waals surface area contributed by atoms with Crippen molar-refractivity contribution in [3.8, 4) is 0 Å². The average Bonchev–Trinajstić information content (AvgIpc) is 2.61. The van der Waals surface area contributed by atoms with Crippen molar-refractivity contribution in [1.82, 2.24) is 4.31 Å². The Balaban J connectivity index is 2.12. The summed E-state index contributed by atoms with van der Waals surface area (Å²) in [6.07, 6.45) is 1.25. The number of sulfonamides is 1. The number of benzene rings is 1. The quantitative estimate of drug-likeness (QED) is 0.809. The molecule has 1 fully saturated rings.